The molecule has 1 aliphatic heterocycles. The Labute approximate surface area is 152 Å². The van der Waals surface area contributed by atoms with E-state index in [-0.39, 0.29) is 5.41 Å². The van der Waals surface area contributed by atoms with E-state index in [0.29, 0.717) is 24.7 Å². The number of fused-ring (bicyclic) bond motifs is 3. The van der Waals surface area contributed by atoms with Gasteiger partial charge in [0.15, 0.2) is 0 Å². The zero-order valence-corrected chi connectivity index (χ0v) is 16.0. The molecule has 0 aromatic heterocycles. The number of aliphatic hydroxyl groups is 1. The summed E-state index contributed by atoms with van der Waals surface area (Å²) in [7, 11) is 0. The van der Waals surface area contributed by atoms with Crippen LogP contribution in [0.4, 0.5) is 0 Å². The van der Waals surface area contributed by atoms with Gasteiger partial charge >= 0.3 is 0 Å². The maximum Gasteiger partial charge on any atom is 0.0900 e. The Morgan fingerprint density at radius 2 is 2.00 bits per heavy atom. The Bertz CT molecular complexity index is 628. The molecule has 1 aromatic carbocycles. The largest absolute Gasteiger partial charge is 0.389 e. The average molecular weight is 344 g/mol. The number of hydrogen-bond donors (Lipinski definition) is 1. The Kier molecular flexibility index (Phi) is 4.46. The molecule has 3 nitrogen and oxygen atoms in total. The zero-order chi connectivity index (χ0) is 17.7. The van der Waals surface area contributed by atoms with Crippen molar-refractivity contribution in [2.75, 3.05) is 19.7 Å². The van der Waals surface area contributed by atoms with Gasteiger partial charge in [0.2, 0.25) is 0 Å². The summed E-state index contributed by atoms with van der Waals surface area (Å²) in [6.45, 7) is 10.4. The van der Waals surface area contributed by atoms with Crippen molar-refractivity contribution in [2.45, 2.75) is 65.2 Å². The van der Waals surface area contributed by atoms with Crippen LogP contribution in [0.3, 0.4) is 0 Å². The average Bonchev–Trinajstić information content (AvgIpc) is 2.93. The van der Waals surface area contributed by atoms with Crippen LogP contribution in [-0.2, 0) is 17.7 Å². The first-order valence-electron chi connectivity index (χ1n) is 9.99. The van der Waals surface area contributed by atoms with Crippen LogP contribution in [0.2, 0.25) is 0 Å². The van der Waals surface area contributed by atoms with E-state index >= 15 is 0 Å². The van der Waals surface area contributed by atoms with Crippen molar-refractivity contribution in [3.8, 4) is 0 Å². The molecule has 2 saturated carbocycles. The van der Waals surface area contributed by atoms with Gasteiger partial charge in [0, 0.05) is 19.6 Å². The molecule has 0 saturated heterocycles. The number of nitrogens with zero attached hydrogens (tertiary/aromatic N) is 1. The van der Waals surface area contributed by atoms with E-state index < -0.39 is 6.10 Å². The summed E-state index contributed by atoms with van der Waals surface area (Å²) >= 11 is 0. The molecule has 2 bridgehead atoms. The van der Waals surface area contributed by atoms with E-state index in [9.17, 15) is 5.11 Å². The standard InChI is InChI=1S/C22H33NO2/c1-21(2)18-8-10-22(21,3)20(12-18)25-15-19(24)14-23-11-9-16-6-4-5-7-17(16)13-23/h4-7,18-20,24H,8-15H2,1-3H3/t18-,19-,20-,22-/m1/s1. The molecule has 1 heterocycles. The third-order valence-corrected chi connectivity index (χ3v) is 7.88. The third kappa shape index (κ3) is 2.94. The molecule has 0 radical (unpaired) electrons. The van der Waals surface area contributed by atoms with E-state index in [1.807, 2.05) is 0 Å². The summed E-state index contributed by atoms with van der Waals surface area (Å²) in [6.07, 6.45) is 4.80. The molecule has 25 heavy (non-hydrogen) atoms. The summed E-state index contributed by atoms with van der Waals surface area (Å²) in [5.74, 6) is 0.790. The second-order valence-electron chi connectivity index (χ2n) is 9.34. The van der Waals surface area contributed by atoms with Gasteiger partial charge in [-0.25, -0.2) is 0 Å². The lowest BCUT2D eigenvalue weighted by atomic mass is 9.70. The quantitative estimate of drug-likeness (QED) is 0.886. The van der Waals surface area contributed by atoms with E-state index in [1.54, 1.807) is 0 Å². The molecule has 3 aliphatic rings. The molecule has 2 fully saturated rings. The van der Waals surface area contributed by atoms with Crippen LogP contribution in [0.25, 0.3) is 0 Å². The van der Waals surface area contributed by atoms with Crippen molar-refractivity contribution in [1.82, 2.24) is 4.90 Å². The fraction of sp³-hybridized carbons (Fsp3) is 0.727. The lowest BCUT2D eigenvalue weighted by Gasteiger charge is -2.39. The predicted molar refractivity (Wildman–Crippen MR) is 100 cm³/mol. The summed E-state index contributed by atoms with van der Waals surface area (Å²) < 4.78 is 6.27. The van der Waals surface area contributed by atoms with E-state index in [1.165, 1.54) is 30.4 Å². The second kappa shape index (κ2) is 6.37. The highest BCUT2D eigenvalue weighted by Crippen LogP contribution is 2.66. The van der Waals surface area contributed by atoms with Crippen molar-refractivity contribution < 1.29 is 9.84 Å². The molecular formula is C22H33NO2. The number of aliphatic hydroxyl groups excluding tert-OH is 1. The van der Waals surface area contributed by atoms with E-state index in [4.69, 9.17) is 4.74 Å². The number of rotatable bonds is 5. The molecule has 4 atom stereocenters. The number of β-amino-alcohol motifs (C(OH)–C–C–N with tert-alkyl or cyclic N) is 1. The number of benzene rings is 1. The molecule has 1 N–H and O–H groups in total. The van der Waals surface area contributed by atoms with Gasteiger partial charge in [0.1, 0.15) is 0 Å². The minimum Gasteiger partial charge on any atom is -0.389 e. The summed E-state index contributed by atoms with van der Waals surface area (Å²) in [5, 5.41) is 10.5. The number of hydrogen-bond acceptors (Lipinski definition) is 3. The zero-order valence-electron chi connectivity index (χ0n) is 16.0. The molecule has 2 aliphatic carbocycles. The van der Waals surface area contributed by atoms with Crippen LogP contribution in [0.1, 0.15) is 51.2 Å². The highest BCUT2D eigenvalue weighted by atomic mass is 16.5. The Hall–Kier alpha value is -0.900. The van der Waals surface area contributed by atoms with Crippen molar-refractivity contribution >= 4 is 0 Å². The van der Waals surface area contributed by atoms with Gasteiger partial charge in [-0.2, -0.15) is 0 Å². The van der Waals surface area contributed by atoms with Crippen LogP contribution in [0, 0.1) is 16.7 Å². The van der Waals surface area contributed by atoms with Gasteiger partial charge in [-0.1, -0.05) is 45.0 Å². The highest BCUT2D eigenvalue weighted by Gasteiger charge is 2.61. The molecule has 138 valence electrons. The van der Waals surface area contributed by atoms with E-state index in [0.717, 1.165) is 25.4 Å². The molecule has 1 aromatic rings. The monoisotopic (exact) mass is 343 g/mol. The van der Waals surface area contributed by atoms with Crippen LogP contribution in [-0.4, -0.2) is 41.9 Å². The first-order chi connectivity index (χ1) is 11.9. The van der Waals surface area contributed by atoms with Gasteiger partial charge in [-0.05, 0) is 53.6 Å². The third-order valence-electron chi connectivity index (χ3n) is 7.88. The molecule has 3 heteroatoms. The fourth-order valence-electron chi connectivity index (χ4n) is 5.67. The topological polar surface area (TPSA) is 32.7 Å². The van der Waals surface area contributed by atoms with Gasteiger partial charge < -0.3 is 9.84 Å². The smallest absolute Gasteiger partial charge is 0.0900 e. The molecular weight excluding hydrogens is 310 g/mol. The minimum atomic E-state index is -0.392. The lowest BCUT2D eigenvalue weighted by molar-refractivity contribution is -0.0798. The first kappa shape index (κ1) is 17.5. The Balaban J connectivity index is 1.29. The molecule has 0 amide bonds. The summed E-state index contributed by atoms with van der Waals surface area (Å²) in [5.41, 5.74) is 3.52. The second-order valence-corrected chi connectivity index (χ2v) is 9.34. The van der Waals surface area contributed by atoms with Gasteiger partial charge in [-0.15, -0.1) is 0 Å². The molecule has 0 unspecified atom stereocenters. The maximum atomic E-state index is 10.5. The normalized spacial score (nSPS) is 34.9. The molecule has 4 rings (SSSR count). The van der Waals surface area contributed by atoms with Crippen LogP contribution in [0.15, 0.2) is 24.3 Å². The van der Waals surface area contributed by atoms with Crippen molar-refractivity contribution in [2.24, 2.45) is 16.7 Å². The summed E-state index contributed by atoms with van der Waals surface area (Å²) in [4.78, 5) is 2.36. The van der Waals surface area contributed by atoms with Crippen molar-refractivity contribution in [3.05, 3.63) is 35.4 Å². The van der Waals surface area contributed by atoms with Crippen LogP contribution in [0.5, 0.6) is 0 Å². The first-order valence-corrected chi connectivity index (χ1v) is 9.99. The maximum absolute atomic E-state index is 10.5. The lowest BCUT2D eigenvalue weighted by Crippen LogP contribution is -2.41. The van der Waals surface area contributed by atoms with Crippen molar-refractivity contribution in [3.63, 3.8) is 0 Å². The fourth-order valence-corrected chi connectivity index (χ4v) is 5.67. The minimum absolute atomic E-state index is 0.279. The van der Waals surface area contributed by atoms with Crippen LogP contribution < -0.4 is 0 Å². The SMILES string of the molecule is CC1(C)[C@@H]2CC[C@]1(C)[C@H](OC[C@H](O)CN1CCc3ccccc3C1)C2. The number of ether oxygens (including phenoxy) is 1. The van der Waals surface area contributed by atoms with Crippen molar-refractivity contribution in [1.29, 1.82) is 0 Å². The van der Waals surface area contributed by atoms with Gasteiger partial charge in [0.25, 0.3) is 0 Å². The summed E-state index contributed by atoms with van der Waals surface area (Å²) in [6, 6.07) is 8.67. The Morgan fingerprint density at radius 3 is 2.68 bits per heavy atom. The predicted octanol–water partition coefficient (Wildman–Crippen LogP) is 3.64. The highest BCUT2D eigenvalue weighted by molar-refractivity contribution is 5.29. The van der Waals surface area contributed by atoms with Crippen LogP contribution >= 0.6 is 0 Å². The van der Waals surface area contributed by atoms with Gasteiger partial charge in [0.05, 0.1) is 18.8 Å². The van der Waals surface area contributed by atoms with E-state index in [2.05, 4.69) is 49.9 Å². The Morgan fingerprint density at radius 1 is 1.24 bits per heavy atom. The molecule has 0 spiro atoms. The van der Waals surface area contributed by atoms with Gasteiger partial charge in [-0.3, -0.25) is 4.90 Å².